The molecule has 0 spiro atoms. The number of halogens is 6. The van der Waals surface area contributed by atoms with Gasteiger partial charge in [-0.15, -0.1) is 0 Å². The molecular weight excluding hydrogens is 469 g/mol. The highest BCUT2D eigenvalue weighted by atomic mass is 31.2. The molecule has 0 bridgehead atoms. The molecule has 1 aliphatic rings. The van der Waals surface area contributed by atoms with Crippen LogP contribution in [-0.4, -0.2) is 33.0 Å². The zero-order chi connectivity index (χ0) is 24.8. The zero-order valence-electron chi connectivity index (χ0n) is 17.2. The average molecular weight is 488 g/mol. The molecule has 3 rings (SSSR count). The monoisotopic (exact) mass is 488 g/mol. The lowest BCUT2D eigenvalue weighted by atomic mass is 9.77. The predicted molar refractivity (Wildman–Crippen MR) is 115 cm³/mol. The first kappa shape index (κ1) is 24.9. The first-order chi connectivity index (χ1) is 15.0. The van der Waals surface area contributed by atoms with Gasteiger partial charge in [0.1, 0.15) is 11.4 Å². The minimum absolute atomic E-state index is 0.0789. The summed E-state index contributed by atoms with van der Waals surface area (Å²) in [6, 6.07) is 8.23. The van der Waals surface area contributed by atoms with Crippen molar-refractivity contribution < 1.29 is 36.1 Å². The van der Waals surface area contributed by atoms with Crippen LogP contribution in [0.1, 0.15) is 18.9 Å². The lowest BCUT2D eigenvalue weighted by molar-refractivity contribution is -0.201. The molecule has 0 aliphatic heterocycles. The fourth-order valence-electron chi connectivity index (χ4n) is 3.73. The van der Waals surface area contributed by atoms with Crippen LogP contribution in [0.5, 0.6) is 0 Å². The second-order valence-electron chi connectivity index (χ2n) is 8.09. The first-order valence-electron chi connectivity index (χ1n) is 9.50. The van der Waals surface area contributed by atoms with E-state index < -0.39 is 37.1 Å². The summed E-state index contributed by atoms with van der Waals surface area (Å²) in [5.74, 6) is 0. The summed E-state index contributed by atoms with van der Waals surface area (Å²) < 4.78 is 82.4. The molecule has 1 aromatic carbocycles. The number of alkyl halides is 6. The van der Waals surface area contributed by atoms with Gasteiger partial charge in [0.15, 0.2) is 7.34 Å². The number of benzene rings is 1. The number of fused-ring (bicyclic) bond motifs is 1. The van der Waals surface area contributed by atoms with Crippen LogP contribution in [0.25, 0.3) is 17.0 Å². The normalized spacial score (nSPS) is 20.4. The van der Waals surface area contributed by atoms with Gasteiger partial charge in [-0.25, -0.2) is 0 Å². The van der Waals surface area contributed by atoms with Gasteiger partial charge in [-0.2, -0.15) is 31.6 Å². The van der Waals surface area contributed by atoms with E-state index in [2.05, 4.69) is 6.30 Å². The molecule has 33 heavy (non-hydrogen) atoms. The Morgan fingerprint density at radius 1 is 1.24 bits per heavy atom. The van der Waals surface area contributed by atoms with Gasteiger partial charge in [-0.1, -0.05) is 24.3 Å². The van der Waals surface area contributed by atoms with Crippen molar-refractivity contribution in [3.8, 4) is 6.07 Å². The molecule has 1 heterocycles. The Kier molecular flexibility index (Phi) is 6.22. The largest absolute Gasteiger partial charge is 0.416 e. The molecular formula is C22H19F6N2O2P. The Bertz CT molecular complexity index is 1270. The molecule has 1 aromatic heterocycles. The molecule has 2 aromatic rings. The summed E-state index contributed by atoms with van der Waals surface area (Å²) in [5.41, 5.74) is -3.29. The van der Waals surface area contributed by atoms with Crippen molar-refractivity contribution in [1.82, 2.24) is 4.57 Å². The van der Waals surface area contributed by atoms with Crippen LogP contribution < -0.4 is 0 Å². The van der Waals surface area contributed by atoms with Crippen LogP contribution in [0.2, 0.25) is 0 Å². The van der Waals surface area contributed by atoms with Gasteiger partial charge < -0.3 is 14.4 Å². The van der Waals surface area contributed by atoms with Crippen molar-refractivity contribution in [3.63, 3.8) is 0 Å². The van der Waals surface area contributed by atoms with E-state index in [4.69, 9.17) is 0 Å². The third-order valence-electron chi connectivity index (χ3n) is 5.39. The molecule has 1 aliphatic carbocycles. The SMILES string of the molecule is C=P(O)(O)/C(C#N)=C/c1cn(CC2=CC(C(F)(F)F)=CC(C)(C(F)(F)F)C2)c2ccccc12. The number of nitriles is 1. The Morgan fingerprint density at radius 3 is 2.42 bits per heavy atom. The molecule has 0 fully saturated rings. The smallest absolute Gasteiger partial charge is 0.350 e. The number of hydrogen-bond donors (Lipinski definition) is 2. The van der Waals surface area contributed by atoms with Crippen molar-refractivity contribution in [2.24, 2.45) is 5.41 Å². The van der Waals surface area contributed by atoms with Crippen molar-refractivity contribution in [2.45, 2.75) is 32.2 Å². The van der Waals surface area contributed by atoms with Crippen LogP contribution in [0.15, 0.2) is 59.1 Å². The molecule has 0 saturated heterocycles. The highest BCUT2D eigenvalue weighted by molar-refractivity contribution is 7.67. The van der Waals surface area contributed by atoms with Crippen molar-refractivity contribution in [3.05, 3.63) is 64.6 Å². The Morgan fingerprint density at radius 2 is 1.88 bits per heavy atom. The van der Waals surface area contributed by atoms with E-state index in [1.54, 1.807) is 30.3 Å². The Hall–Kier alpha value is -2.73. The standard InChI is InChI=1S/C22H19F6N2O2P/c1-20(22(26,27)28)9-14(7-16(10-20)21(23,24)25)12-30-13-15(8-17(11-29)33(2,31)32)18-5-3-4-6-19(18)30/h3-8,10,13,31-32H,2,9,12H2,1H3/b17-8+. The second-order valence-corrected chi connectivity index (χ2v) is 10.0. The summed E-state index contributed by atoms with van der Waals surface area (Å²) >= 11 is 0. The van der Waals surface area contributed by atoms with E-state index in [0.717, 1.165) is 13.0 Å². The van der Waals surface area contributed by atoms with Crippen molar-refractivity contribution in [2.75, 3.05) is 0 Å². The van der Waals surface area contributed by atoms with E-state index in [0.29, 0.717) is 16.5 Å². The van der Waals surface area contributed by atoms with Crippen LogP contribution in [-0.2, 0) is 6.54 Å². The molecule has 11 heteroatoms. The summed E-state index contributed by atoms with van der Waals surface area (Å²) in [6.07, 6.45) is -3.71. The molecule has 0 radical (unpaired) electrons. The topological polar surface area (TPSA) is 69.2 Å². The van der Waals surface area contributed by atoms with Gasteiger partial charge in [0.2, 0.25) is 0 Å². The third-order valence-corrected chi connectivity index (χ3v) is 6.39. The maximum atomic E-state index is 13.6. The predicted octanol–water partition coefficient (Wildman–Crippen LogP) is 6.16. The minimum atomic E-state index is -4.95. The molecule has 0 saturated carbocycles. The zero-order valence-corrected chi connectivity index (χ0v) is 18.1. The number of nitrogens with zero attached hydrogens (tertiary/aromatic N) is 2. The molecule has 4 nitrogen and oxygen atoms in total. The van der Waals surface area contributed by atoms with E-state index in [-0.39, 0.29) is 23.5 Å². The van der Waals surface area contributed by atoms with Gasteiger partial charge in [0, 0.05) is 29.2 Å². The summed E-state index contributed by atoms with van der Waals surface area (Å²) in [5, 5.41) is 9.36. The van der Waals surface area contributed by atoms with E-state index in [1.807, 2.05) is 0 Å². The van der Waals surface area contributed by atoms with Crippen LogP contribution in [0.3, 0.4) is 0 Å². The summed E-state index contributed by atoms with van der Waals surface area (Å²) in [7, 11) is -3.89. The fourth-order valence-corrected chi connectivity index (χ4v) is 4.23. The molecule has 2 N–H and O–H groups in total. The number of allylic oxidation sites excluding steroid dienone is 5. The van der Waals surface area contributed by atoms with Gasteiger partial charge in [-0.05, 0) is 43.4 Å². The van der Waals surface area contributed by atoms with Crippen LogP contribution in [0, 0.1) is 16.7 Å². The lowest BCUT2D eigenvalue weighted by Crippen LogP contribution is -2.37. The van der Waals surface area contributed by atoms with Crippen molar-refractivity contribution >= 4 is 30.6 Å². The Balaban J connectivity index is 2.11. The number of para-hydroxylation sites is 1. The maximum absolute atomic E-state index is 13.6. The molecule has 176 valence electrons. The highest BCUT2D eigenvalue weighted by Gasteiger charge is 2.53. The summed E-state index contributed by atoms with van der Waals surface area (Å²) in [4.78, 5) is 19.5. The van der Waals surface area contributed by atoms with Gasteiger partial charge in [0.25, 0.3) is 0 Å². The second kappa shape index (κ2) is 8.24. The molecule has 1 atom stereocenters. The van der Waals surface area contributed by atoms with E-state index in [9.17, 15) is 41.4 Å². The summed E-state index contributed by atoms with van der Waals surface area (Å²) in [6.45, 7) is 0.463. The lowest BCUT2D eigenvalue weighted by Gasteiger charge is -2.34. The number of rotatable bonds is 4. The quantitative estimate of drug-likeness (QED) is 0.308. The highest BCUT2D eigenvalue weighted by Crippen LogP contribution is 2.50. The van der Waals surface area contributed by atoms with Gasteiger partial charge in [-0.3, -0.25) is 0 Å². The molecule has 1 unspecified atom stereocenters. The number of aromatic nitrogens is 1. The maximum Gasteiger partial charge on any atom is 0.416 e. The number of hydrogen-bond acceptors (Lipinski definition) is 3. The molecule has 0 amide bonds. The van der Waals surface area contributed by atoms with Crippen molar-refractivity contribution in [1.29, 1.82) is 5.26 Å². The van der Waals surface area contributed by atoms with Crippen LogP contribution in [0.4, 0.5) is 26.3 Å². The van der Waals surface area contributed by atoms with Gasteiger partial charge >= 0.3 is 12.4 Å². The first-order valence-corrected chi connectivity index (χ1v) is 11.4. The average Bonchev–Trinajstić information content (AvgIpc) is 3.01. The van der Waals surface area contributed by atoms with Gasteiger partial charge in [0.05, 0.1) is 11.0 Å². The minimum Gasteiger partial charge on any atom is -0.350 e. The fraction of sp³-hybridized carbons (Fsp3) is 0.273. The van der Waals surface area contributed by atoms with E-state index in [1.165, 1.54) is 16.8 Å². The third kappa shape index (κ3) is 5.11. The van der Waals surface area contributed by atoms with Crippen LogP contribution >= 0.6 is 7.34 Å². The van der Waals surface area contributed by atoms with E-state index >= 15 is 0 Å². The Labute approximate surface area is 185 Å².